The van der Waals surface area contributed by atoms with Crippen molar-refractivity contribution in [3.05, 3.63) is 65.0 Å². The highest BCUT2D eigenvalue weighted by Crippen LogP contribution is 2.23. The van der Waals surface area contributed by atoms with E-state index >= 15 is 0 Å². The number of aromatic nitrogens is 2. The third-order valence-electron chi connectivity index (χ3n) is 6.44. The van der Waals surface area contributed by atoms with Gasteiger partial charge in [-0.15, -0.1) is 0 Å². The van der Waals surface area contributed by atoms with Crippen molar-refractivity contribution >= 4 is 5.91 Å². The highest BCUT2D eigenvalue weighted by Gasteiger charge is 2.28. The minimum atomic E-state index is -0.0447. The van der Waals surface area contributed by atoms with Crippen molar-refractivity contribution in [3.63, 3.8) is 0 Å². The van der Waals surface area contributed by atoms with Gasteiger partial charge >= 0.3 is 0 Å². The van der Waals surface area contributed by atoms with Gasteiger partial charge in [-0.1, -0.05) is 23.4 Å². The van der Waals surface area contributed by atoms with Crippen LogP contribution >= 0.6 is 0 Å². The molecule has 2 heterocycles. The second kappa shape index (κ2) is 10.2. The second-order valence-corrected chi connectivity index (χ2v) is 8.89. The summed E-state index contributed by atoms with van der Waals surface area (Å²) in [6.45, 7) is 8.39. The van der Waals surface area contributed by atoms with E-state index in [1.54, 1.807) is 7.11 Å². The van der Waals surface area contributed by atoms with Gasteiger partial charge < -0.3 is 14.6 Å². The lowest BCUT2D eigenvalue weighted by molar-refractivity contribution is -0.127. The monoisotopic (exact) mass is 448 g/mol. The Morgan fingerprint density at radius 3 is 2.73 bits per heavy atom. The summed E-state index contributed by atoms with van der Waals surface area (Å²) in [5.74, 6) is 1.96. The quantitative estimate of drug-likeness (QED) is 0.575. The third kappa shape index (κ3) is 5.60. The molecule has 0 saturated carbocycles. The number of hydrogen-bond donors (Lipinski definition) is 1. The minimum absolute atomic E-state index is 0.0184. The smallest absolute Gasteiger partial charge is 0.241 e. The molecule has 1 amide bonds. The minimum Gasteiger partial charge on any atom is -0.497 e. The lowest BCUT2D eigenvalue weighted by atomic mass is 9.96. The Hall–Kier alpha value is -3.19. The Morgan fingerprint density at radius 2 is 2.00 bits per heavy atom. The fraction of sp³-hybridized carbons (Fsp3) is 0.423. The number of carbonyl (C=O) groups is 1. The third-order valence-corrected chi connectivity index (χ3v) is 6.44. The number of nitrogens with zero attached hydrogens (tertiary/aromatic N) is 3. The largest absolute Gasteiger partial charge is 0.497 e. The van der Waals surface area contributed by atoms with Gasteiger partial charge in [-0.2, -0.15) is 4.98 Å². The highest BCUT2D eigenvalue weighted by atomic mass is 16.5. The molecule has 2 atom stereocenters. The molecule has 1 fully saturated rings. The molecule has 1 aliphatic heterocycles. The average Bonchev–Trinajstić information content (AvgIpc) is 3.29. The number of nitrogens with one attached hydrogen (secondary N) is 1. The summed E-state index contributed by atoms with van der Waals surface area (Å²) in [6, 6.07) is 13.9. The first-order valence-corrected chi connectivity index (χ1v) is 11.5. The number of benzene rings is 2. The molecular formula is C26H32N4O3. The van der Waals surface area contributed by atoms with E-state index in [2.05, 4.69) is 52.4 Å². The molecule has 1 aliphatic rings. The Morgan fingerprint density at radius 1 is 1.21 bits per heavy atom. The molecule has 3 aromatic rings. The maximum absolute atomic E-state index is 13.0. The highest BCUT2D eigenvalue weighted by molar-refractivity contribution is 5.79. The zero-order valence-electron chi connectivity index (χ0n) is 19.8. The molecule has 0 spiro atoms. The van der Waals surface area contributed by atoms with Crippen molar-refractivity contribution in [1.82, 2.24) is 20.4 Å². The average molecular weight is 449 g/mol. The molecule has 0 aliphatic carbocycles. The van der Waals surface area contributed by atoms with Crippen LogP contribution in [-0.4, -0.2) is 41.1 Å². The van der Waals surface area contributed by atoms with Gasteiger partial charge in [0.15, 0.2) is 0 Å². The first kappa shape index (κ1) is 23.0. The van der Waals surface area contributed by atoms with Gasteiger partial charge in [-0.3, -0.25) is 9.69 Å². The van der Waals surface area contributed by atoms with Crippen LogP contribution in [0.4, 0.5) is 0 Å². The van der Waals surface area contributed by atoms with E-state index in [4.69, 9.17) is 9.26 Å². The molecule has 1 N–H and O–H groups in total. The number of likely N-dealkylation sites (tertiary alicyclic amines) is 1. The molecule has 174 valence electrons. The van der Waals surface area contributed by atoms with E-state index in [9.17, 15) is 4.79 Å². The number of rotatable bonds is 7. The van der Waals surface area contributed by atoms with Crippen molar-refractivity contribution in [2.24, 2.45) is 5.92 Å². The first-order valence-electron chi connectivity index (χ1n) is 11.5. The lowest BCUT2D eigenvalue weighted by Gasteiger charge is -2.31. The van der Waals surface area contributed by atoms with Crippen LogP contribution in [0.3, 0.4) is 0 Å². The van der Waals surface area contributed by atoms with Gasteiger partial charge in [-0.25, -0.2) is 0 Å². The summed E-state index contributed by atoms with van der Waals surface area (Å²) < 4.78 is 10.7. The molecule has 1 saturated heterocycles. The van der Waals surface area contributed by atoms with Crippen molar-refractivity contribution in [2.75, 3.05) is 20.2 Å². The first-order chi connectivity index (χ1) is 15.9. The molecule has 33 heavy (non-hydrogen) atoms. The number of hydrogen-bond acceptors (Lipinski definition) is 6. The maximum Gasteiger partial charge on any atom is 0.241 e. The number of piperidine rings is 1. The van der Waals surface area contributed by atoms with E-state index in [0.29, 0.717) is 24.8 Å². The molecular weight excluding hydrogens is 416 g/mol. The van der Waals surface area contributed by atoms with Crippen LogP contribution in [0.25, 0.3) is 11.4 Å². The summed E-state index contributed by atoms with van der Waals surface area (Å²) in [4.78, 5) is 19.7. The van der Waals surface area contributed by atoms with E-state index < -0.39 is 0 Å². The van der Waals surface area contributed by atoms with E-state index in [0.717, 1.165) is 36.3 Å². The molecule has 0 radical (unpaired) electrons. The van der Waals surface area contributed by atoms with Crippen LogP contribution in [0.5, 0.6) is 5.75 Å². The molecule has 2 unspecified atom stereocenters. The number of ether oxygens (including phenoxy) is 1. The lowest BCUT2D eigenvalue weighted by Crippen LogP contribution is -2.43. The van der Waals surface area contributed by atoms with Crippen molar-refractivity contribution in [3.8, 4) is 17.1 Å². The Kier molecular flexibility index (Phi) is 7.08. The summed E-state index contributed by atoms with van der Waals surface area (Å²) in [5.41, 5.74) is 4.51. The maximum atomic E-state index is 13.0. The van der Waals surface area contributed by atoms with Crippen LogP contribution in [0.15, 0.2) is 47.0 Å². The zero-order chi connectivity index (χ0) is 23.4. The van der Waals surface area contributed by atoms with Gasteiger partial charge in [0.05, 0.1) is 25.6 Å². The summed E-state index contributed by atoms with van der Waals surface area (Å²) in [5, 5.41) is 7.32. The molecule has 2 aromatic carbocycles. The van der Waals surface area contributed by atoms with Crippen molar-refractivity contribution in [1.29, 1.82) is 0 Å². The van der Waals surface area contributed by atoms with Crippen LogP contribution in [0.2, 0.25) is 0 Å². The molecule has 1 aromatic heterocycles. The molecule has 0 bridgehead atoms. The summed E-state index contributed by atoms with van der Waals surface area (Å²) >= 11 is 0. The Balaban J connectivity index is 1.34. The van der Waals surface area contributed by atoms with Gasteiger partial charge in [-0.05, 0) is 81.1 Å². The number of aryl methyl sites for hydroxylation is 2. The van der Waals surface area contributed by atoms with Crippen LogP contribution < -0.4 is 10.1 Å². The second-order valence-electron chi connectivity index (χ2n) is 8.89. The Labute approximate surface area is 195 Å². The van der Waals surface area contributed by atoms with E-state index in [-0.39, 0.29) is 17.9 Å². The Bertz CT molecular complexity index is 1090. The SMILES string of the molecule is COc1ccc(-c2noc(CN3CCCC(C(=O)NC(C)c4ccc(C)c(C)c4)C3)n2)cc1. The van der Waals surface area contributed by atoms with Crippen molar-refractivity contribution < 1.29 is 14.1 Å². The standard InChI is InChI=1S/C26H32N4O3/c1-17-7-8-21(14-18(17)2)19(3)27-26(31)22-6-5-13-30(15-22)16-24-28-25(29-33-24)20-9-11-23(32-4)12-10-20/h7-12,14,19,22H,5-6,13,15-16H2,1-4H3,(H,27,31). The predicted octanol–water partition coefficient (Wildman–Crippen LogP) is 4.45. The number of methoxy groups -OCH3 is 1. The fourth-order valence-corrected chi connectivity index (χ4v) is 4.23. The fourth-order valence-electron chi connectivity index (χ4n) is 4.23. The van der Waals surface area contributed by atoms with E-state index in [1.165, 1.54) is 11.1 Å². The topological polar surface area (TPSA) is 80.5 Å². The van der Waals surface area contributed by atoms with Gasteiger partial charge in [0.1, 0.15) is 5.75 Å². The predicted molar refractivity (Wildman–Crippen MR) is 127 cm³/mol. The van der Waals surface area contributed by atoms with Crippen LogP contribution in [0.1, 0.15) is 48.4 Å². The summed E-state index contributed by atoms with van der Waals surface area (Å²) in [6.07, 6.45) is 1.86. The van der Waals surface area contributed by atoms with Gasteiger partial charge in [0.25, 0.3) is 0 Å². The van der Waals surface area contributed by atoms with E-state index in [1.807, 2.05) is 31.2 Å². The van der Waals surface area contributed by atoms with Gasteiger partial charge in [0, 0.05) is 12.1 Å². The normalized spacial score (nSPS) is 17.5. The molecule has 4 rings (SSSR count). The van der Waals surface area contributed by atoms with Crippen LogP contribution in [0, 0.1) is 19.8 Å². The number of amides is 1. The van der Waals surface area contributed by atoms with Crippen molar-refractivity contribution in [2.45, 2.75) is 46.2 Å². The summed E-state index contributed by atoms with van der Waals surface area (Å²) in [7, 11) is 1.64. The van der Waals surface area contributed by atoms with Crippen LogP contribution in [-0.2, 0) is 11.3 Å². The van der Waals surface area contributed by atoms with Gasteiger partial charge in [0.2, 0.25) is 17.6 Å². The molecule has 7 heteroatoms. The molecule has 7 nitrogen and oxygen atoms in total. The number of carbonyl (C=O) groups excluding carboxylic acids is 1. The zero-order valence-corrected chi connectivity index (χ0v) is 19.8.